The molecule has 0 radical (unpaired) electrons. The van der Waals surface area contributed by atoms with Gasteiger partial charge in [0.15, 0.2) is 0 Å². The van der Waals surface area contributed by atoms with Gasteiger partial charge in [-0.05, 0) is 18.4 Å². The molecule has 2 aromatic rings. The molecule has 0 atom stereocenters. The third kappa shape index (κ3) is 1.41. The fourth-order valence-corrected chi connectivity index (χ4v) is 3.49. The Morgan fingerprint density at radius 1 is 1.46 bits per heavy atom. The van der Waals surface area contributed by atoms with Crippen molar-refractivity contribution in [3.05, 3.63) is 22.5 Å². The van der Waals surface area contributed by atoms with Crippen LogP contribution in [0.15, 0.2) is 22.4 Å². The van der Waals surface area contributed by atoms with Gasteiger partial charge in [-0.25, -0.2) is 0 Å². The Kier molecular flexibility index (Phi) is 2.41. The van der Waals surface area contributed by atoms with E-state index in [1.54, 1.807) is 23.1 Å². The summed E-state index contributed by atoms with van der Waals surface area (Å²) in [5.74, 6) is 0. The molecule has 13 heavy (non-hydrogen) atoms. The van der Waals surface area contributed by atoms with Gasteiger partial charge in [0.1, 0.15) is 0 Å². The summed E-state index contributed by atoms with van der Waals surface area (Å²) in [6.07, 6.45) is 2.03. The topological polar surface area (TPSA) is 26.0 Å². The van der Waals surface area contributed by atoms with Crippen LogP contribution in [-0.4, -0.2) is 6.26 Å². The zero-order chi connectivity index (χ0) is 9.42. The van der Waals surface area contributed by atoms with Crippen LogP contribution in [0.25, 0.3) is 10.1 Å². The van der Waals surface area contributed by atoms with Crippen molar-refractivity contribution >= 4 is 50.5 Å². The standard InChI is InChI=1S/C9H8ClNS2/c1-12-9-7(11)3-2-5-6(10)4-13-8(5)9/h2-4H,11H2,1H3. The van der Waals surface area contributed by atoms with Crippen molar-refractivity contribution < 1.29 is 0 Å². The normalized spacial score (nSPS) is 10.9. The molecule has 2 N–H and O–H groups in total. The average Bonchev–Trinajstić information content (AvgIpc) is 2.48. The van der Waals surface area contributed by atoms with E-state index in [0.717, 1.165) is 21.0 Å². The Hall–Kier alpha value is -0.380. The van der Waals surface area contributed by atoms with E-state index < -0.39 is 0 Å². The highest BCUT2D eigenvalue weighted by molar-refractivity contribution is 7.99. The molecule has 1 nitrogen and oxygen atoms in total. The fourth-order valence-electron chi connectivity index (χ4n) is 1.27. The number of halogens is 1. The van der Waals surface area contributed by atoms with Crippen LogP contribution in [-0.2, 0) is 0 Å². The molecular formula is C9H8ClNS2. The summed E-state index contributed by atoms with van der Waals surface area (Å²) in [6, 6.07) is 3.88. The largest absolute Gasteiger partial charge is 0.398 e. The number of anilines is 1. The summed E-state index contributed by atoms with van der Waals surface area (Å²) >= 11 is 9.33. The van der Waals surface area contributed by atoms with Crippen LogP contribution in [0.1, 0.15) is 0 Å². The molecule has 4 heteroatoms. The van der Waals surface area contributed by atoms with Crippen molar-refractivity contribution in [3.8, 4) is 0 Å². The first-order valence-electron chi connectivity index (χ1n) is 3.73. The Morgan fingerprint density at radius 2 is 2.23 bits per heavy atom. The SMILES string of the molecule is CSc1c(N)ccc2c(Cl)csc12. The Balaban J connectivity index is 2.85. The van der Waals surface area contributed by atoms with Gasteiger partial charge >= 0.3 is 0 Å². The third-order valence-electron chi connectivity index (χ3n) is 1.88. The van der Waals surface area contributed by atoms with Gasteiger partial charge in [0, 0.05) is 21.3 Å². The van der Waals surface area contributed by atoms with Crippen molar-refractivity contribution in [2.24, 2.45) is 0 Å². The molecular weight excluding hydrogens is 222 g/mol. The second-order valence-electron chi connectivity index (χ2n) is 2.65. The van der Waals surface area contributed by atoms with Gasteiger partial charge < -0.3 is 5.73 Å². The molecule has 0 aliphatic rings. The molecule has 0 amide bonds. The van der Waals surface area contributed by atoms with Crippen LogP contribution < -0.4 is 5.73 Å². The molecule has 0 spiro atoms. The zero-order valence-corrected chi connectivity index (χ0v) is 9.39. The summed E-state index contributed by atoms with van der Waals surface area (Å²) in [5, 5.41) is 3.87. The van der Waals surface area contributed by atoms with Crippen LogP contribution in [0.4, 0.5) is 5.69 Å². The van der Waals surface area contributed by atoms with E-state index in [9.17, 15) is 0 Å². The molecule has 0 bridgehead atoms. The van der Waals surface area contributed by atoms with Crippen LogP contribution in [0.3, 0.4) is 0 Å². The lowest BCUT2D eigenvalue weighted by atomic mass is 10.2. The number of nitrogens with two attached hydrogens (primary N) is 1. The van der Waals surface area contributed by atoms with Gasteiger partial charge in [-0.3, -0.25) is 0 Å². The van der Waals surface area contributed by atoms with Crippen LogP contribution in [0.2, 0.25) is 5.02 Å². The van der Waals surface area contributed by atoms with Crippen molar-refractivity contribution in [3.63, 3.8) is 0 Å². The number of hydrogen-bond acceptors (Lipinski definition) is 3. The molecule has 0 saturated carbocycles. The molecule has 0 aliphatic heterocycles. The maximum absolute atomic E-state index is 6.01. The first-order chi connectivity index (χ1) is 6.24. The molecule has 1 aromatic carbocycles. The van der Waals surface area contributed by atoms with Gasteiger partial charge in [-0.2, -0.15) is 0 Å². The first kappa shape index (κ1) is 9.19. The summed E-state index contributed by atoms with van der Waals surface area (Å²) in [6.45, 7) is 0. The number of thiophene rings is 1. The number of thioether (sulfide) groups is 1. The lowest BCUT2D eigenvalue weighted by Gasteiger charge is -2.02. The smallest absolute Gasteiger partial charge is 0.0592 e. The Morgan fingerprint density at radius 3 is 2.92 bits per heavy atom. The highest BCUT2D eigenvalue weighted by atomic mass is 35.5. The second kappa shape index (κ2) is 3.40. The molecule has 1 aromatic heterocycles. The van der Waals surface area contributed by atoms with E-state index in [2.05, 4.69) is 0 Å². The second-order valence-corrected chi connectivity index (χ2v) is 4.75. The molecule has 0 aliphatic carbocycles. The zero-order valence-electron chi connectivity index (χ0n) is 7.00. The van der Waals surface area contributed by atoms with Crippen molar-refractivity contribution in [1.82, 2.24) is 0 Å². The van der Waals surface area contributed by atoms with E-state index in [4.69, 9.17) is 17.3 Å². The van der Waals surface area contributed by atoms with Crippen molar-refractivity contribution in [2.45, 2.75) is 4.90 Å². The van der Waals surface area contributed by atoms with E-state index in [0.29, 0.717) is 0 Å². The third-order valence-corrected chi connectivity index (χ3v) is 4.32. The highest BCUT2D eigenvalue weighted by Gasteiger charge is 2.08. The molecule has 0 unspecified atom stereocenters. The minimum atomic E-state index is 0.815. The van der Waals surface area contributed by atoms with Gasteiger partial charge in [0.2, 0.25) is 0 Å². The molecule has 0 saturated heterocycles. The average molecular weight is 230 g/mol. The van der Waals surface area contributed by atoms with Crippen LogP contribution in [0.5, 0.6) is 0 Å². The molecule has 0 fully saturated rings. The van der Waals surface area contributed by atoms with E-state index in [-0.39, 0.29) is 0 Å². The summed E-state index contributed by atoms with van der Waals surface area (Å²) in [7, 11) is 0. The van der Waals surface area contributed by atoms with Gasteiger partial charge in [-0.1, -0.05) is 11.6 Å². The van der Waals surface area contributed by atoms with E-state index in [1.807, 2.05) is 23.8 Å². The van der Waals surface area contributed by atoms with Gasteiger partial charge in [0.25, 0.3) is 0 Å². The Labute approximate surface area is 89.9 Å². The summed E-state index contributed by atoms with van der Waals surface area (Å²) in [5.41, 5.74) is 6.68. The Bertz CT molecular complexity index is 450. The first-order valence-corrected chi connectivity index (χ1v) is 6.21. The maximum Gasteiger partial charge on any atom is 0.0592 e. The minimum Gasteiger partial charge on any atom is -0.398 e. The summed E-state index contributed by atoms with van der Waals surface area (Å²) < 4.78 is 1.19. The van der Waals surface area contributed by atoms with Crippen molar-refractivity contribution in [1.29, 1.82) is 0 Å². The fraction of sp³-hybridized carbons (Fsp3) is 0.111. The van der Waals surface area contributed by atoms with Crippen molar-refractivity contribution in [2.75, 3.05) is 12.0 Å². The predicted molar refractivity (Wildman–Crippen MR) is 63.0 cm³/mol. The minimum absolute atomic E-state index is 0.815. The predicted octanol–water partition coefficient (Wildman–Crippen LogP) is 3.86. The monoisotopic (exact) mass is 229 g/mol. The molecule has 1 heterocycles. The van der Waals surface area contributed by atoms with E-state index >= 15 is 0 Å². The van der Waals surface area contributed by atoms with Crippen LogP contribution in [0, 0.1) is 0 Å². The lowest BCUT2D eigenvalue weighted by molar-refractivity contribution is 1.58. The number of fused-ring (bicyclic) bond motifs is 1. The summed E-state index contributed by atoms with van der Waals surface area (Å²) in [4.78, 5) is 1.13. The number of rotatable bonds is 1. The molecule has 2 rings (SSSR count). The van der Waals surface area contributed by atoms with Gasteiger partial charge in [-0.15, -0.1) is 23.1 Å². The number of nitrogen functional groups attached to an aromatic ring is 1. The maximum atomic E-state index is 6.01. The van der Waals surface area contributed by atoms with Crippen LogP contribution >= 0.6 is 34.7 Å². The highest BCUT2D eigenvalue weighted by Crippen LogP contribution is 2.39. The quantitative estimate of drug-likeness (QED) is 0.594. The van der Waals surface area contributed by atoms with Gasteiger partial charge in [0.05, 0.1) is 9.72 Å². The number of benzene rings is 1. The molecule has 68 valence electrons. The number of hydrogen-bond donors (Lipinski definition) is 1. The van der Waals surface area contributed by atoms with E-state index in [1.165, 1.54) is 4.70 Å². The lowest BCUT2D eigenvalue weighted by Crippen LogP contribution is -1.86.